The summed E-state index contributed by atoms with van der Waals surface area (Å²) in [5, 5.41) is 2.02. The maximum atomic E-state index is 12.3. The van der Waals surface area contributed by atoms with E-state index in [1.54, 1.807) is 11.3 Å². The summed E-state index contributed by atoms with van der Waals surface area (Å²) < 4.78 is 0. The molecule has 1 fully saturated rings. The molecule has 2 rings (SSSR count). The van der Waals surface area contributed by atoms with E-state index in [0.29, 0.717) is 6.42 Å². The molecule has 94 valence electrons. The molecule has 1 aromatic heterocycles. The number of nitrogens with zero attached hydrogens (tertiary/aromatic N) is 1. The van der Waals surface area contributed by atoms with E-state index in [1.165, 1.54) is 6.42 Å². The van der Waals surface area contributed by atoms with E-state index in [2.05, 4.69) is 0 Å². The lowest BCUT2D eigenvalue weighted by molar-refractivity contribution is -0.134. The van der Waals surface area contributed by atoms with Crippen LogP contribution in [0.15, 0.2) is 17.5 Å². The lowest BCUT2D eigenvalue weighted by atomic mass is 9.96. The Hall–Kier alpha value is -0.870. The summed E-state index contributed by atoms with van der Waals surface area (Å²) in [7, 11) is 0. The Morgan fingerprint density at radius 2 is 2.47 bits per heavy atom. The van der Waals surface area contributed by atoms with Gasteiger partial charge in [0.1, 0.15) is 0 Å². The van der Waals surface area contributed by atoms with E-state index >= 15 is 0 Å². The number of amides is 1. The molecule has 0 radical (unpaired) electrons. The summed E-state index contributed by atoms with van der Waals surface area (Å²) in [6.07, 6.45) is 3.88. The first-order valence-electron chi connectivity index (χ1n) is 6.26. The van der Waals surface area contributed by atoms with Gasteiger partial charge in [0, 0.05) is 23.5 Å². The highest BCUT2D eigenvalue weighted by molar-refractivity contribution is 7.10. The van der Waals surface area contributed by atoms with Crippen LogP contribution in [0.2, 0.25) is 0 Å². The molecule has 2 heterocycles. The third-order valence-corrected chi connectivity index (χ3v) is 4.26. The summed E-state index contributed by atoms with van der Waals surface area (Å²) in [4.78, 5) is 15.4. The van der Waals surface area contributed by atoms with Gasteiger partial charge in [-0.2, -0.15) is 0 Å². The second kappa shape index (κ2) is 5.65. The van der Waals surface area contributed by atoms with E-state index in [1.807, 2.05) is 29.3 Å². The fourth-order valence-electron chi connectivity index (χ4n) is 2.48. The molecule has 1 amide bonds. The molecular weight excluding hydrogens is 232 g/mol. The maximum Gasteiger partial charge on any atom is 0.228 e. The molecule has 4 heteroatoms. The summed E-state index contributed by atoms with van der Waals surface area (Å²) in [5.41, 5.74) is 5.98. The topological polar surface area (TPSA) is 46.3 Å². The van der Waals surface area contributed by atoms with Crippen LogP contribution in [0.5, 0.6) is 0 Å². The van der Waals surface area contributed by atoms with Crippen molar-refractivity contribution >= 4 is 17.2 Å². The Kier molecular flexibility index (Phi) is 4.18. The minimum Gasteiger partial charge on any atom is -0.338 e. The fraction of sp³-hybridized carbons (Fsp3) is 0.615. The van der Waals surface area contributed by atoms with Crippen LogP contribution < -0.4 is 5.73 Å². The molecule has 3 nitrogen and oxygen atoms in total. The minimum absolute atomic E-state index is 0.0718. The molecule has 2 N–H and O–H groups in total. The van der Waals surface area contributed by atoms with Gasteiger partial charge in [-0.05, 0) is 37.6 Å². The van der Waals surface area contributed by atoms with Crippen LogP contribution in [0, 0.1) is 0 Å². The van der Waals surface area contributed by atoms with Crippen molar-refractivity contribution in [2.45, 2.75) is 44.7 Å². The second-order valence-corrected chi connectivity index (χ2v) is 5.80. The third-order valence-electron chi connectivity index (χ3n) is 3.38. The van der Waals surface area contributed by atoms with E-state index in [-0.39, 0.29) is 18.0 Å². The molecule has 0 bridgehead atoms. The normalized spacial score (nSPS) is 22.5. The number of hydrogen-bond acceptors (Lipinski definition) is 3. The zero-order valence-electron chi connectivity index (χ0n) is 10.3. The quantitative estimate of drug-likeness (QED) is 0.894. The van der Waals surface area contributed by atoms with Crippen LogP contribution in [0.3, 0.4) is 0 Å². The van der Waals surface area contributed by atoms with Crippen molar-refractivity contribution < 1.29 is 4.79 Å². The number of rotatable bonds is 3. The van der Waals surface area contributed by atoms with Gasteiger partial charge >= 0.3 is 0 Å². The molecule has 2 unspecified atom stereocenters. The summed E-state index contributed by atoms with van der Waals surface area (Å²) in [6.45, 7) is 2.87. The highest BCUT2D eigenvalue weighted by Crippen LogP contribution is 2.21. The van der Waals surface area contributed by atoms with Crippen molar-refractivity contribution in [1.29, 1.82) is 0 Å². The number of carbonyl (C=O) groups is 1. The highest BCUT2D eigenvalue weighted by Gasteiger charge is 2.28. The predicted octanol–water partition coefficient (Wildman–Crippen LogP) is 2.02. The largest absolute Gasteiger partial charge is 0.338 e. The summed E-state index contributed by atoms with van der Waals surface area (Å²) in [6, 6.07) is 4.32. The Balaban J connectivity index is 2.01. The number of nitrogens with two attached hydrogens (primary N) is 1. The zero-order valence-corrected chi connectivity index (χ0v) is 11.1. The van der Waals surface area contributed by atoms with Crippen LogP contribution in [-0.2, 0) is 11.2 Å². The van der Waals surface area contributed by atoms with Crippen LogP contribution in [0.4, 0.5) is 0 Å². The molecule has 17 heavy (non-hydrogen) atoms. The average molecular weight is 252 g/mol. The van der Waals surface area contributed by atoms with Crippen LogP contribution >= 0.6 is 11.3 Å². The third kappa shape index (κ3) is 3.07. The van der Waals surface area contributed by atoms with E-state index in [0.717, 1.165) is 24.3 Å². The van der Waals surface area contributed by atoms with Gasteiger partial charge in [-0.25, -0.2) is 0 Å². The lowest BCUT2D eigenvalue weighted by Crippen LogP contribution is -2.52. The van der Waals surface area contributed by atoms with Crippen molar-refractivity contribution in [3.05, 3.63) is 22.4 Å². The maximum absolute atomic E-state index is 12.3. The van der Waals surface area contributed by atoms with Crippen LogP contribution in [-0.4, -0.2) is 29.4 Å². The zero-order chi connectivity index (χ0) is 12.3. The highest BCUT2D eigenvalue weighted by atomic mass is 32.1. The van der Waals surface area contributed by atoms with Crippen molar-refractivity contribution in [1.82, 2.24) is 4.90 Å². The molecular formula is C13H20N2OS. The Morgan fingerprint density at radius 1 is 1.65 bits per heavy atom. The first-order chi connectivity index (χ1) is 8.18. The van der Waals surface area contributed by atoms with Crippen molar-refractivity contribution in [2.24, 2.45) is 5.73 Å². The average Bonchev–Trinajstić information content (AvgIpc) is 2.81. The van der Waals surface area contributed by atoms with Crippen molar-refractivity contribution in [2.75, 3.05) is 6.54 Å². The lowest BCUT2D eigenvalue weighted by Gasteiger charge is -2.38. The first kappa shape index (κ1) is 12.6. The standard InChI is InChI=1S/C13H20N2OS/c1-10(14)12-6-2-3-7-15(12)13(16)9-11-5-4-8-17-11/h4-5,8,10,12H,2-3,6-7,9,14H2,1H3. The number of piperidine rings is 1. The Labute approximate surface area is 107 Å². The molecule has 0 aliphatic carbocycles. The molecule has 0 aromatic carbocycles. The van der Waals surface area contributed by atoms with Gasteiger partial charge in [-0.1, -0.05) is 6.07 Å². The molecule has 0 saturated carbocycles. The van der Waals surface area contributed by atoms with Gasteiger partial charge in [0.2, 0.25) is 5.91 Å². The number of likely N-dealkylation sites (tertiary alicyclic amines) is 1. The smallest absolute Gasteiger partial charge is 0.228 e. The molecule has 1 aliphatic heterocycles. The molecule has 2 atom stereocenters. The monoisotopic (exact) mass is 252 g/mol. The number of thiophene rings is 1. The van der Waals surface area contributed by atoms with Crippen LogP contribution in [0.25, 0.3) is 0 Å². The van der Waals surface area contributed by atoms with Gasteiger partial charge in [-0.15, -0.1) is 11.3 Å². The fourth-order valence-corrected chi connectivity index (χ4v) is 3.17. The molecule has 1 aliphatic rings. The Morgan fingerprint density at radius 3 is 3.12 bits per heavy atom. The van der Waals surface area contributed by atoms with Crippen molar-refractivity contribution in [3.8, 4) is 0 Å². The minimum atomic E-state index is 0.0718. The van der Waals surface area contributed by atoms with Gasteiger partial charge in [0.15, 0.2) is 0 Å². The van der Waals surface area contributed by atoms with E-state index < -0.39 is 0 Å². The predicted molar refractivity (Wildman–Crippen MR) is 71.0 cm³/mol. The Bertz CT molecular complexity index is 362. The summed E-state index contributed by atoms with van der Waals surface area (Å²) >= 11 is 1.65. The van der Waals surface area contributed by atoms with Gasteiger partial charge in [-0.3, -0.25) is 4.79 Å². The molecule has 1 saturated heterocycles. The van der Waals surface area contributed by atoms with E-state index in [4.69, 9.17) is 5.73 Å². The van der Waals surface area contributed by atoms with Gasteiger partial charge < -0.3 is 10.6 Å². The summed E-state index contributed by atoms with van der Waals surface area (Å²) in [5.74, 6) is 0.231. The van der Waals surface area contributed by atoms with Gasteiger partial charge in [0.25, 0.3) is 0 Å². The van der Waals surface area contributed by atoms with E-state index in [9.17, 15) is 4.79 Å². The van der Waals surface area contributed by atoms with Crippen LogP contribution in [0.1, 0.15) is 31.1 Å². The first-order valence-corrected chi connectivity index (χ1v) is 7.14. The second-order valence-electron chi connectivity index (χ2n) is 4.77. The molecule has 0 spiro atoms. The van der Waals surface area contributed by atoms with Crippen molar-refractivity contribution in [3.63, 3.8) is 0 Å². The molecule has 1 aromatic rings. The SMILES string of the molecule is CC(N)C1CCCCN1C(=O)Cc1cccs1. The van der Waals surface area contributed by atoms with Gasteiger partial charge in [0.05, 0.1) is 6.42 Å². The number of hydrogen-bond donors (Lipinski definition) is 1. The number of carbonyl (C=O) groups excluding carboxylic acids is 1.